The Morgan fingerprint density at radius 2 is 1.82 bits per heavy atom. The fourth-order valence-corrected chi connectivity index (χ4v) is 6.88. The van der Waals surface area contributed by atoms with Crippen LogP contribution in [-0.4, -0.2) is 53.7 Å². The summed E-state index contributed by atoms with van der Waals surface area (Å²) in [7, 11) is 0. The highest BCUT2D eigenvalue weighted by atomic mass is 32.2. The molecule has 0 saturated heterocycles. The summed E-state index contributed by atoms with van der Waals surface area (Å²) in [5, 5.41) is 10.3. The van der Waals surface area contributed by atoms with E-state index in [-0.39, 0.29) is 48.6 Å². The van der Waals surface area contributed by atoms with Gasteiger partial charge < -0.3 is 30.4 Å². The number of carbonyl (C=O) groups is 2. The van der Waals surface area contributed by atoms with Crippen LogP contribution >= 0.6 is 11.8 Å². The molecule has 1 aromatic rings. The van der Waals surface area contributed by atoms with Crippen molar-refractivity contribution >= 4 is 23.8 Å². The van der Waals surface area contributed by atoms with Crippen molar-refractivity contribution in [1.29, 1.82) is 0 Å². The van der Waals surface area contributed by atoms with Crippen molar-refractivity contribution in [2.75, 3.05) is 19.8 Å². The number of nitrogens with zero attached hydrogens (tertiary/aromatic N) is 1. The molecule has 0 aliphatic heterocycles. The molecule has 0 spiro atoms. The van der Waals surface area contributed by atoms with Gasteiger partial charge in [0.15, 0.2) is 0 Å². The van der Waals surface area contributed by atoms with Crippen molar-refractivity contribution < 1.29 is 23.6 Å². The second kappa shape index (κ2) is 10.4. The van der Waals surface area contributed by atoms with E-state index in [2.05, 4.69) is 15.8 Å². The van der Waals surface area contributed by atoms with Crippen molar-refractivity contribution in [2.24, 2.45) is 29.4 Å². The van der Waals surface area contributed by atoms with Gasteiger partial charge in [-0.15, -0.1) is 11.8 Å². The smallest absolute Gasteiger partial charge is 0.407 e. The first-order valence-electron chi connectivity index (χ1n) is 12.4. The molecule has 4 aliphatic carbocycles. The number of alkyl carbamates (subject to hydrolysis) is 1. The number of nitrogens with two attached hydrogens (primary N) is 1. The first-order chi connectivity index (χ1) is 16.1. The summed E-state index contributed by atoms with van der Waals surface area (Å²) in [6.07, 6.45) is 5.73. The van der Waals surface area contributed by atoms with E-state index in [1.54, 1.807) is 0 Å². The third-order valence-electron chi connectivity index (χ3n) is 7.07. The van der Waals surface area contributed by atoms with E-state index >= 15 is 0 Å². The quantitative estimate of drug-likeness (QED) is 0.421. The minimum absolute atomic E-state index is 0.125. The van der Waals surface area contributed by atoms with Crippen LogP contribution in [0.5, 0.6) is 5.88 Å². The number of nitrogens with one attached hydrogen (secondary N) is 2. The van der Waals surface area contributed by atoms with Gasteiger partial charge in [0.05, 0.1) is 5.54 Å². The van der Waals surface area contributed by atoms with E-state index in [9.17, 15) is 9.59 Å². The number of amides is 2. The second-order valence-electron chi connectivity index (χ2n) is 11.0. The highest BCUT2D eigenvalue weighted by molar-refractivity contribution is 8.00. The van der Waals surface area contributed by atoms with E-state index in [1.807, 2.05) is 27.7 Å². The summed E-state index contributed by atoms with van der Waals surface area (Å²) in [6.45, 7) is 8.23. The average Bonchev–Trinajstić information content (AvgIpc) is 3.14. The van der Waals surface area contributed by atoms with Gasteiger partial charge in [-0.3, -0.25) is 4.79 Å². The van der Waals surface area contributed by atoms with Crippen molar-refractivity contribution in [3.8, 4) is 5.88 Å². The van der Waals surface area contributed by atoms with Crippen LogP contribution < -0.4 is 21.1 Å². The van der Waals surface area contributed by atoms with Gasteiger partial charge in [0, 0.05) is 17.8 Å². The predicted molar refractivity (Wildman–Crippen MR) is 129 cm³/mol. The van der Waals surface area contributed by atoms with Gasteiger partial charge in [0.1, 0.15) is 18.1 Å². The average molecular weight is 495 g/mol. The Morgan fingerprint density at radius 1 is 1.18 bits per heavy atom. The zero-order valence-corrected chi connectivity index (χ0v) is 21.4. The molecule has 0 radical (unpaired) electrons. The minimum Gasteiger partial charge on any atom is -0.472 e. The normalized spacial score (nSPS) is 27.6. The number of hydrogen-bond acceptors (Lipinski definition) is 8. The lowest BCUT2D eigenvalue weighted by Gasteiger charge is -2.54. The van der Waals surface area contributed by atoms with Crippen molar-refractivity contribution in [2.45, 2.75) is 81.5 Å². The molecule has 34 heavy (non-hydrogen) atoms. The molecule has 4 aliphatic rings. The highest BCUT2D eigenvalue weighted by Gasteiger charge is 2.49. The van der Waals surface area contributed by atoms with Crippen molar-refractivity contribution in [3.63, 3.8) is 0 Å². The predicted octanol–water partition coefficient (Wildman–Crippen LogP) is 3.57. The zero-order valence-electron chi connectivity index (χ0n) is 20.6. The summed E-state index contributed by atoms with van der Waals surface area (Å²) in [6, 6.07) is 0.217. The van der Waals surface area contributed by atoms with E-state index < -0.39 is 11.6 Å². The third kappa shape index (κ3) is 5.82. The number of rotatable bonds is 10. The van der Waals surface area contributed by atoms with Crippen LogP contribution in [0.2, 0.25) is 0 Å². The molecule has 4 saturated carbocycles. The molecule has 4 bridgehead atoms. The Bertz CT molecular complexity index is 859. The fourth-order valence-electron chi connectivity index (χ4n) is 5.97. The number of carbonyl (C=O) groups excluding carboxylic acids is 2. The van der Waals surface area contributed by atoms with Gasteiger partial charge in [-0.05, 0) is 74.8 Å². The van der Waals surface area contributed by atoms with Gasteiger partial charge in [-0.1, -0.05) is 13.8 Å². The molecular weight excluding hydrogens is 456 g/mol. The maximum absolute atomic E-state index is 13.3. The van der Waals surface area contributed by atoms with E-state index in [0.717, 1.165) is 11.8 Å². The first-order valence-corrected chi connectivity index (χ1v) is 13.3. The van der Waals surface area contributed by atoms with E-state index in [1.165, 1.54) is 43.9 Å². The fraction of sp³-hybridized carbons (Fsp3) is 0.792. The molecule has 0 aromatic carbocycles. The molecule has 4 fully saturated rings. The van der Waals surface area contributed by atoms with Gasteiger partial charge in [-0.2, -0.15) is 0 Å². The second-order valence-corrected chi connectivity index (χ2v) is 12.6. The van der Waals surface area contributed by atoms with E-state index in [0.29, 0.717) is 16.7 Å². The van der Waals surface area contributed by atoms with Crippen LogP contribution in [0.4, 0.5) is 4.79 Å². The summed E-state index contributed by atoms with van der Waals surface area (Å²) < 4.78 is 16.4. The number of hydrogen-bond donors (Lipinski definition) is 3. The van der Waals surface area contributed by atoms with Gasteiger partial charge >= 0.3 is 6.09 Å². The van der Waals surface area contributed by atoms with Crippen LogP contribution in [0, 0.1) is 23.7 Å². The summed E-state index contributed by atoms with van der Waals surface area (Å²) >= 11 is 1.49. The molecule has 1 aromatic heterocycles. The topological polar surface area (TPSA) is 129 Å². The van der Waals surface area contributed by atoms with Crippen molar-refractivity contribution in [1.82, 2.24) is 15.8 Å². The summed E-state index contributed by atoms with van der Waals surface area (Å²) in [5.41, 5.74) is 4.64. The number of ether oxygens (including phenoxy) is 2. The monoisotopic (exact) mass is 494 g/mol. The molecule has 4 N–H and O–H groups in total. The first kappa shape index (κ1) is 25.2. The van der Waals surface area contributed by atoms with E-state index in [4.69, 9.17) is 19.7 Å². The van der Waals surface area contributed by atoms with Crippen LogP contribution in [0.1, 0.15) is 70.4 Å². The Morgan fingerprint density at radius 3 is 2.41 bits per heavy atom. The van der Waals surface area contributed by atoms with Crippen LogP contribution in [0.25, 0.3) is 0 Å². The maximum Gasteiger partial charge on any atom is 0.407 e. The Kier molecular flexibility index (Phi) is 7.66. The Balaban J connectivity index is 1.42. The molecular formula is C24H38N4O5S. The largest absolute Gasteiger partial charge is 0.472 e. The van der Waals surface area contributed by atoms with Gasteiger partial charge in [0.2, 0.25) is 5.76 Å². The Labute approximate surface area is 205 Å². The number of thioether (sulfide) groups is 1. The Hall–Kier alpha value is -1.94. The van der Waals surface area contributed by atoms with Crippen molar-refractivity contribution in [3.05, 3.63) is 5.76 Å². The van der Waals surface area contributed by atoms with Gasteiger partial charge in [-0.25, -0.2) is 4.79 Å². The molecule has 190 valence electrons. The lowest BCUT2D eigenvalue weighted by molar-refractivity contribution is -0.0124. The molecule has 9 nitrogen and oxygen atoms in total. The van der Waals surface area contributed by atoms with Crippen LogP contribution in [-0.2, 0) is 4.74 Å². The molecule has 0 unspecified atom stereocenters. The molecule has 2 amide bonds. The molecule has 1 heterocycles. The summed E-state index contributed by atoms with van der Waals surface area (Å²) in [5.74, 6) is 3.09. The van der Waals surface area contributed by atoms with Crippen LogP contribution in [0.3, 0.4) is 0 Å². The standard InChI is InChI=1S/C24H38N4O5S/c1-13(2)34-20-19(21(29)26-18-16-8-14-7-15(10-16)11-17(18)9-14)33-28-22(20)32-12-24(3,4)27-23(30)31-6-5-25/h13-18H,5-12,25H2,1-4H3,(H,26,29)(H,27,30). The SMILES string of the molecule is CC(C)Sc1c(OCC(C)(C)NC(=O)OCCN)noc1C(=O)NC1C2CC3CC(C2)CC1C3. The molecule has 10 heteroatoms. The lowest BCUT2D eigenvalue weighted by Crippen LogP contribution is -2.55. The molecule has 0 atom stereocenters. The van der Waals surface area contributed by atoms with Gasteiger partial charge in [0.25, 0.3) is 11.8 Å². The lowest BCUT2D eigenvalue weighted by atomic mass is 9.54. The van der Waals surface area contributed by atoms with Crippen LogP contribution in [0.15, 0.2) is 9.42 Å². The minimum atomic E-state index is -0.729. The molecule has 5 rings (SSSR count). The third-order valence-corrected chi connectivity index (χ3v) is 8.13. The highest BCUT2D eigenvalue weighted by Crippen LogP contribution is 2.53. The number of aromatic nitrogens is 1. The zero-order chi connectivity index (χ0) is 24.5. The summed E-state index contributed by atoms with van der Waals surface area (Å²) in [4.78, 5) is 25.8. The maximum atomic E-state index is 13.3.